The molecule has 2 rings (SSSR count). The summed E-state index contributed by atoms with van der Waals surface area (Å²) in [5, 5.41) is 6.62. The first kappa shape index (κ1) is 14.1. The van der Waals surface area contributed by atoms with Gasteiger partial charge in [-0.15, -0.1) is 0 Å². The molecule has 0 heterocycles. The Morgan fingerprint density at radius 1 is 1.21 bits per heavy atom. The summed E-state index contributed by atoms with van der Waals surface area (Å²) < 4.78 is 0. The maximum absolute atomic E-state index is 12.3. The maximum Gasteiger partial charge on any atom is 0.251 e. The second-order valence-corrected chi connectivity index (χ2v) is 6.23. The van der Waals surface area contributed by atoms with Crippen LogP contribution in [0.1, 0.15) is 44.0 Å². The third-order valence-electron chi connectivity index (χ3n) is 5.12. The summed E-state index contributed by atoms with van der Waals surface area (Å²) in [7, 11) is 2.00. The van der Waals surface area contributed by atoms with E-state index in [1.54, 1.807) is 0 Å². The fourth-order valence-electron chi connectivity index (χ4n) is 3.03. The Balaban J connectivity index is 2.11. The number of carbonyl (C=O) groups excluding carboxylic acids is 1. The molecule has 1 fully saturated rings. The second kappa shape index (κ2) is 4.97. The van der Waals surface area contributed by atoms with Crippen LogP contribution < -0.4 is 10.6 Å². The zero-order valence-electron chi connectivity index (χ0n) is 12.3. The number of hydrogen-bond acceptors (Lipinski definition) is 2. The van der Waals surface area contributed by atoms with Crippen molar-refractivity contribution in [2.24, 2.45) is 5.41 Å². The molecule has 2 atom stereocenters. The molecule has 0 bridgehead atoms. The van der Waals surface area contributed by atoms with Gasteiger partial charge in [-0.3, -0.25) is 4.79 Å². The van der Waals surface area contributed by atoms with Gasteiger partial charge in [0.15, 0.2) is 0 Å². The van der Waals surface area contributed by atoms with Crippen LogP contribution in [-0.4, -0.2) is 24.5 Å². The van der Waals surface area contributed by atoms with Gasteiger partial charge in [0.25, 0.3) is 5.91 Å². The van der Waals surface area contributed by atoms with E-state index in [-0.39, 0.29) is 22.9 Å². The highest BCUT2D eigenvalue weighted by atomic mass is 16.1. The van der Waals surface area contributed by atoms with Crippen LogP contribution >= 0.6 is 0 Å². The standard InChI is InChI=1S/C16H24N2O/c1-15(2)13(10-11-16(15,3)17-4)18-14(19)12-8-6-5-7-9-12/h5-9,13,17H,10-11H2,1-4H3,(H,18,19)/t13-,16+/m0/s1. The summed E-state index contributed by atoms with van der Waals surface area (Å²) in [5.74, 6) is 0.0269. The first-order valence-electron chi connectivity index (χ1n) is 6.95. The predicted molar refractivity (Wildman–Crippen MR) is 78.2 cm³/mol. The van der Waals surface area contributed by atoms with Gasteiger partial charge in [-0.05, 0) is 38.9 Å². The third-order valence-corrected chi connectivity index (χ3v) is 5.12. The molecule has 1 amide bonds. The van der Waals surface area contributed by atoms with Crippen LogP contribution in [0.3, 0.4) is 0 Å². The van der Waals surface area contributed by atoms with Gasteiger partial charge >= 0.3 is 0 Å². The van der Waals surface area contributed by atoms with E-state index in [0.717, 1.165) is 18.4 Å². The van der Waals surface area contributed by atoms with Crippen molar-refractivity contribution < 1.29 is 4.79 Å². The number of benzene rings is 1. The summed E-state index contributed by atoms with van der Waals surface area (Å²) in [6, 6.07) is 9.63. The molecule has 3 heteroatoms. The lowest BCUT2D eigenvalue weighted by atomic mass is 9.74. The van der Waals surface area contributed by atoms with E-state index in [4.69, 9.17) is 0 Å². The lowest BCUT2D eigenvalue weighted by Gasteiger charge is -2.41. The van der Waals surface area contributed by atoms with E-state index in [2.05, 4.69) is 31.4 Å². The van der Waals surface area contributed by atoms with Gasteiger partial charge < -0.3 is 10.6 Å². The molecule has 1 aliphatic carbocycles. The second-order valence-electron chi connectivity index (χ2n) is 6.23. The van der Waals surface area contributed by atoms with Crippen molar-refractivity contribution in [3.05, 3.63) is 35.9 Å². The van der Waals surface area contributed by atoms with Crippen molar-refractivity contribution in [3.63, 3.8) is 0 Å². The van der Waals surface area contributed by atoms with E-state index in [1.165, 1.54) is 0 Å². The molecule has 0 spiro atoms. The lowest BCUT2D eigenvalue weighted by Crippen LogP contribution is -2.55. The van der Waals surface area contributed by atoms with Crippen molar-refractivity contribution >= 4 is 5.91 Å². The Morgan fingerprint density at radius 3 is 2.37 bits per heavy atom. The highest BCUT2D eigenvalue weighted by Gasteiger charge is 2.51. The van der Waals surface area contributed by atoms with Crippen molar-refractivity contribution in [2.45, 2.75) is 45.2 Å². The van der Waals surface area contributed by atoms with E-state index in [9.17, 15) is 4.79 Å². The summed E-state index contributed by atoms with van der Waals surface area (Å²) in [5.41, 5.74) is 0.838. The summed E-state index contributed by atoms with van der Waals surface area (Å²) >= 11 is 0. The number of hydrogen-bond donors (Lipinski definition) is 2. The fraction of sp³-hybridized carbons (Fsp3) is 0.562. The highest BCUT2D eigenvalue weighted by molar-refractivity contribution is 5.94. The largest absolute Gasteiger partial charge is 0.349 e. The Hall–Kier alpha value is -1.35. The average Bonchev–Trinajstić information content (AvgIpc) is 2.64. The van der Waals surface area contributed by atoms with Gasteiger partial charge in [0.2, 0.25) is 0 Å². The van der Waals surface area contributed by atoms with Gasteiger partial charge in [-0.2, -0.15) is 0 Å². The van der Waals surface area contributed by atoms with E-state index < -0.39 is 0 Å². The topological polar surface area (TPSA) is 41.1 Å². The molecule has 1 aromatic rings. The number of nitrogens with one attached hydrogen (secondary N) is 2. The molecular weight excluding hydrogens is 236 g/mol. The van der Waals surface area contributed by atoms with Crippen LogP contribution in [0.2, 0.25) is 0 Å². The van der Waals surface area contributed by atoms with Crippen LogP contribution in [0.5, 0.6) is 0 Å². The predicted octanol–water partition coefficient (Wildman–Crippen LogP) is 2.58. The normalized spacial score (nSPS) is 29.2. The quantitative estimate of drug-likeness (QED) is 0.877. The number of amides is 1. The summed E-state index contributed by atoms with van der Waals surface area (Å²) in [6.45, 7) is 6.69. The number of rotatable bonds is 3. The summed E-state index contributed by atoms with van der Waals surface area (Å²) in [4.78, 5) is 12.3. The van der Waals surface area contributed by atoms with E-state index >= 15 is 0 Å². The van der Waals surface area contributed by atoms with Gasteiger partial charge in [-0.1, -0.05) is 32.0 Å². The van der Waals surface area contributed by atoms with Crippen LogP contribution in [0.15, 0.2) is 30.3 Å². The highest BCUT2D eigenvalue weighted by Crippen LogP contribution is 2.45. The molecule has 0 aromatic heterocycles. The van der Waals surface area contributed by atoms with Crippen molar-refractivity contribution in [3.8, 4) is 0 Å². The fourth-order valence-corrected chi connectivity index (χ4v) is 3.03. The zero-order valence-corrected chi connectivity index (χ0v) is 12.3. The first-order chi connectivity index (χ1) is 8.90. The summed E-state index contributed by atoms with van der Waals surface area (Å²) in [6.07, 6.45) is 2.10. The van der Waals surface area contributed by atoms with Crippen LogP contribution in [0.4, 0.5) is 0 Å². The van der Waals surface area contributed by atoms with Gasteiger partial charge in [0, 0.05) is 22.6 Å². The molecule has 0 saturated heterocycles. The molecule has 104 valence electrons. The monoisotopic (exact) mass is 260 g/mol. The molecule has 1 saturated carbocycles. The molecule has 19 heavy (non-hydrogen) atoms. The Bertz CT molecular complexity index is 455. The van der Waals surface area contributed by atoms with Crippen molar-refractivity contribution in [1.29, 1.82) is 0 Å². The molecule has 0 aliphatic heterocycles. The SMILES string of the molecule is CN[C@]1(C)CC[C@H](NC(=O)c2ccccc2)C1(C)C. The minimum absolute atomic E-state index is 0.0269. The average molecular weight is 260 g/mol. The molecule has 3 nitrogen and oxygen atoms in total. The van der Waals surface area contributed by atoms with Gasteiger partial charge in [-0.25, -0.2) is 0 Å². The van der Waals surface area contributed by atoms with Crippen LogP contribution in [-0.2, 0) is 0 Å². The molecule has 1 aromatic carbocycles. The number of carbonyl (C=O) groups is 1. The Labute approximate surface area is 115 Å². The molecule has 0 radical (unpaired) electrons. The van der Waals surface area contributed by atoms with Gasteiger partial charge in [0.1, 0.15) is 0 Å². The molecule has 2 N–H and O–H groups in total. The van der Waals surface area contributed by atoms with Crippen LogP contribution in [0, 0.1) is 5.41 Å². The maximum atomic E-state index is 12.3. The minimum Gasteiger partial charge on any atom is -0.349 e. The smallest absolute Gasteiger partial charge is 0.251 e. The van der Waals surface area contributed by atoms with Crippen molar-refractivity contribution in [2.75, 3.05) is 7.05 Å². The third kappa shape index (κ3) is 2.39. The van der Waals surface area contributed by atoms with E-state index in [0.29, 0.717) is 0 Å². The Morgan fingerprint density at radius 2 is 1.84 bits per heavy atom. The molecule has 1 aliphatic rings. The van der Waals surface area contributed by atoms with Crippen molar-refractivity contribution in [1.82, 2.24) is 10.6 Å². The zero-order chi connectivity index (χ0) is 14.1. The molecule has 0 unspecified atom stereocenters. The Kier molecular flexibility index (Phi) is 3.68. The van der Waals surface area contributed by atoms with E-state index in [1.807, 2.05) is 37.4 Å². The minimum atomic E-state index is 0.0269. The first-order valence-corrected chi connectivity index (χ1v) is 6.95. The molecular formula is C16H24N2O. The van der Waals surface area contributed by atoms with Crippen LogP contribution in [0.25, 0.3) is 0 Å². The lowest BCUT2D eigenvalue weighted by molar-refractivity contribution is 0.0873. The van der Waals surface area contributed by atoms with Gasteiger partial charge in [0.05, 0.1) is 0 Å².